The molecular weight excluding hydrogens is 224 g/mol. The molecule has 0 saturated heterocycles. The fourth-order valence-corrected chi connectivity index (χ4v) is 2.33. The number of pyridine rings is 1. The van der Waals surface area contributed by atoms with Gasteiger partial charge in [-0.3, -0.25) is 10.1 Å². The molecule has 1 saturated carbocycles. The van der Waals surface area contributed by atoms with Gasteiger partial charge in [-0.1, -0.05) is 0 Å². The van der Waals surface area contributed by atoms with E-state index in [9.17, 15) is 10.1 Å². The molecule has 6 heteroatoms. The van der Waals surface area contributed by atoms with Crippen LogP contribution in [0.15, 0.2) is 12.3 Å². The van der Waals surface area contributed by atoms with Crippen molar-refractivity contribution in [2.24, 2.45) is 0 Å². The van der Waals surface area contributed by atoms with Gasteiger partial charge in [0, 0.05) is 0 Å². The first kappa shape index (κ1) is 10.3. The summed E-state index contributed by atoms with van der Waals surface area (Å²) in [6.45, 7) is 0. The summed E-state index contributed by atoms with van der Waals surface area (Å²) in [7, 11) is 0. The van der Waals surface area contributed by atoms with Crippen LogP contribution < -0.4 is 9.47 Å². The van der Waals surface area contributed by atoms with Crippen molar-refractivity contribution in [1.29, 1.82) is 0 Å². The average molecular weight is 236 g/mol. The van der Waals surface area contributed by atoms with E-state index in [0.717, 1.165) is 25.7 Å². The average Bonchev–Trinajstić information content (AvgIpc) is 2.35. The number of nitrogens with zero attached hydrogens (tertiary/aromatic N) is 2. The molecule has 1 fully saturated rings. The normalized spacial score (nSPS) is 26.1. The maximum absolute atomic E-state index is 10.6. The third-order valence-electron chi connectivity index (χ3n) is 3.20. The minimum absolute atomic E-state index is 0.0139. The molecule has 1 aliphatic carbocycles. The number of hydrogen-bond donors (Lipinski definition) is 0. The molecule has 1 aromatic rings. The highest BCUT2D eigenvalue weighted by atomic mass is 16.6. The second-order valence-electron chi connectivity index (χ2n) is 4.35. The van der Waals surface area contributed by atoms with Gasteiger partial charge in [-0.05, 0) is 25.7 Å². The van der Waals surface area contributed by atoms with E-state index in [4.69, 9.17) is 9.47 Å². The molecule has 0 aromatic carbocycles. The lowest BCUT2D eigenvalue weighted by atomic mass is 9.94. The van der Waals surface area contributed by atoms with Gasteiger partial charge in [0.05, 0.1) is 11.0 Å². The highest BCUT2D eigenvalue weighted by molar-refractivity contribution is 5.43. The molecule has 0 bridgehead atoms. The van der Waals surface area contributed by atoms with Crippen LogP contribution in [-0.2, 0) is 0 Å². The van der Waals surface area contributed by atoms with Crippen LogP contribution in [0.1, 0.15) is 25.7 Å². The van der Waals surface area contributed by atoms with Crippen molar-refractivity contribution in [3.63, 3.8) is 0 Å². The molecule has 2 aliphatic rings. The molecule has 2 atom stereocenters. The lowest BCUT2D eigenvalue weighted by Gasteiger charge is -2.35. The summed E-state index contributed by atoms with van der Waals surface area (Å²) in [5.41, 5.74) is -0.0680. The molecule has 0 spiro atoms. The Hall–Kier alpha value is -1.85. The Bertz CT molecular complexity index is 463. The van der Waals surface area contributed by atoms with Crippen LogP contribution in [0.2, 0.25) is 0 Å². The van der Waals surface area contributed by atoms with Crippen molar-refractivity contribution in [1.82, 2.24) is 4.98 Å². The highest BCUT2D eigenvalue weighted by Gasteiger charge is 2.35. The van der Waals surface area contributed by atoms with Crippen LogP contribution in [-0.4, -0.2) is 22.1 Å². The number of aromatic nitrogens is 1. The van der Waals surface area contributed by atoms with Crippen LogP contribution in [0.4, 0.5) is 5.69 Å². The highest BCUT2D eigenvalue weighted by Crippen LogP contribution is 2.38. The van der Waals surface area contributed by atoms with E-state index in [2.05, 4.69) is 4.98 Å². The lowest BCUT2D eigenvalue weighted by molar-refractivity contribution is -0.385. The monoisotopic (exact) mass is 236 g/mol. The second-order valence-corrected chi connectivity index (χ2v) is 4.35. The van der Waals surface area contributed by atoms with Gasteiger partial charge in [-0.25, -0.2) is 4.98 Å². The molecule has 3 rings (SSSR count). The fraction of sp³-hybridized carbons (Fsp3) is 0.545. The number of hydrogen-bond acceptors (Lipinski definition) is 5. The van der Waals surface area contributed by atoms with Gasteiger partial charge in [0.1, 0.15) is 18.4 Å². The van der Waals surface area contributed by atoms with Crippen LogP contribution in [0.25, 0.3) is 0 Å². The first-order valence-corrected chi connectivity index (χ1v) is 5.72. The quantitative estimate of drug-likeness (QED) is 0.551. The first-order valence-electron chi connectivity index (χ1n) is 5.72. The molecule has 6 nitrogen and oxygen atoms in total. The Morgan fingerprint density at radius 3 is 2.71 bits per heavy atom. The lowest BCUT2D eigenvalue weighted by Crippen LogP contribution is -2.42. The van der Waals surface area contributed by atoms with Gasteiger partial charge in [-0.2, -0.15) is 0 Å². The van der Waals surface area contributed by atoms with E-state index < -0.39 is 4.92 Å². The summed E-state index contributed by atoms with van der Waals surface area (Å²) in [6, 6.07) is 1.38. The van der Waals surface area contributed by atoms with Gasteiger partial charge >= 0.3 is 0 Å². The van der Waals surface area contributed by atoms with Crippen LogP contribution in [0.5, 0.6) is 11.6 Å². The van der Waals surface area contributed by atoms with E-state index in [-0.39, 0.29) is 17.9 Å². The van der Waals surface area contributed by atoms with Crippen LogP contribution in [0.3, 0.4) is 0 Å². The summed E-state index contributed by atoms with van der Waals surface area (Å²) in [5, 5.41) is 10.6. The van der Waals surface area contributed by atoms with Crippen LogP contribution >= 0.6 is 0 Å². The zero-order valence-corrected chi connectivity index (χ0v) is 9.17. The van der Waals surface area contributed by atoms with E-state index in [1.807, 2.05) is 0 Å². The first-order chi connectivity index (χ1) is 8.24. The second kappa shape index (κ2) is 3.87. The van der Waals surface area contributed by atoms with Crippen molar-refractivity contribution in [2.75, 3.05) is 0 Å². The van der Waals surface area contributed by atoms with Crippen molar-refractivity contribution < 1.29 is 14.4 Å². The molecular formula is C11H12N2O4. The third kappa shape index (κ3) is 1.79. The Morgan fingerprint density at radius 2 is 2.00 bits per heavy atom. The van der Waals surface area contributed by atoms with E-state index in [1.165, 1.54) is 12.3 Å². The zero-order chi connectivity index (χ0) is 11.8. The number of ether oxygens (including phenoxy) is 2. The fourth-order valence-electron chi connectivity index (χ4n) is 2.33. The number of fused-ring (bicyclic) bond motifs is 2. The zero-order valence-electron chi connectivity index (χ0n) is 9.17. The smallest absolute Gasteiger partial charge is 0.291 e. The molecule has 0 radical (unpaired) electrons. The van der Waals surface area contributed by atoms with Gasteiger partial charge < -0.3 is 9.47 Å². The van der Waals surface area contributed by atoms with Crippen molar-refractivity contribution in [3.05, 3.63) is 22.4 Å². The van der Waals surface area contributed by atoms with Crippen LogP contribution in [0, 0.1) is 10.1 Å². The van der Waals surface area contributed by atoms with E-state index >= 15 is 0 Å². The maximum Gasteiger partial charge on any atom is 0.291 e. The standard InChI is InChI=1S/C11H12N2O4/c14-13(15)7-5-10-11(12-6-7)17-9-4-2-1-3-8(9)16-10/h5-6,8-9H,1-4H2/t8-,9+/m0/s1. The molecule has 0 N–H and O–H groups in total. The molecule has 1 aliphatic heterocycles. The van der Waals surface area contributed by atoms with Crippen molar-refractivity contribution in [3.8, 4) is 11.6 Å². The summed E-state index contributed by atoms with van der Waals surface area (Å²) < 4.78 is 11.4. The van der Waals surface area contributed by atoms with Gasteiger partial charge in [0.15, 0.2) is 5.75 Å². The van der Waals surface area contributed by atoms with Gasteiger partial charge in [-0.15, -0.1) is 0 Å². The molecule has 1 aromatic heterocycles. The Morgan fingerprint density at radius 1 is 1.29 bits per heavy atom. The van der Waals surface area contributed by atoms with Gasteiger partial charge in [0.25, 0.3) is 11.6 Å². The summed E-state index contributed by atoms with van der Waals surface area (Å²) in [6.07, 6.45) is 5.40. The topological polar surface area (TPSA) is 74.5 Å². The molecule has 17 heavy (non-hydrogen) atoms. The Balaban J connectivity index is 1.91. The summed E-state index contributed by atoms with van der Waals surface area (Å²) >= 11 is 0. The summed E-state index contributed by atoms with van der Waals surface area (Å²) in [4.78, 5) is 14.1. The molecule has 0 amide bonds. The SMILES string of the molecule is O=[N+]([O-])c1cnc2c(c1)O[C@H]1CCCC[C@H]1O2. The Kier molecular flexibility index (Phi) is 2.35. The molecule has 0 unspecified atom stereocenters. The number of rotatable bonds is 1. The summed E-state index contributed by atoms with van der Waals surface area (Å²) in [5.74, 6) is 0.765. The van der Waals surface area contributed by atoms with E-state index in [1.54, 1.807) is 0 Å². The van der Waals surface area contributed by atoms with Crippen molar-refractivity contribution >= 4 is 5.69 Å². The Labute approximate surface area is 97.7 Å². The predicted molar refractivity (Wildman–Crippen MR) is 58.2 cm³/mol. The number of nitro groups is 1. The third-order valence-corrected chi connectivity index (χ3v) is 3.20. The minimum atomic E-state index is -0.483. The van der Waals surface area contributed by atoms with Crippen molar-refractivity contribution in [2.45, 2.75) is 37.9 Å². The predicted octanol–water partition coefficient (Wildman–Crippen LogP) is 2.07. The molecule has 90 valence electrons. The molecule has 2 heterocycles. The van der Waals surface area contributed by atoms with Gasteiger partial charge in [0.2, 0.25) is 0 Å². The maximum atomic E-state index is 10.6. The van der Waals surface area contributed by atoms with E-state index in [0.29, 0.717) is 11.6 Å². The largest absolute Gasteiger partial charge is 0.481 e. The minimum Gasteiger partial charge on any atom is -0.481 e.